The van der Waals surface area contributed by atoms with E-state index in [9.17, 15) is 9.59 Å². The SMILES string of the molecule is Cc1cc(C(=O)O)ccc1NCC(=O)N1CCCCC1. The van der Waals surface area contributed by atoms with Crippen molar-refractivity contribution in [3.8, 4) is 0 Å². The van der Waals surface area contributed by atoms with Gasteiger partial charge in [0, 0.05) is 18.8 Å². The topological polar surface area (TPSA) is 69.6 Å². The molecule has 2 rings (SSSR count). The summed E-state index contributed by atoms with van der Waals surface area (Å²) in [5.41, 5.74) is 1.90. The summed E-state index contributed by atoms with van der Waals surface area (Å²) in [4.78, 5) is 24.8. The Hall–Kier alpha value is -2.04. The van der Waals surface area contributed by atoms with Crippen LogP contribution in [-0.2, 0) is 4.79 Å². The Bertz CT molecular complexity index is 508. The number of aryl methyl sites for hydroxylation is 1. The van der Waals surface area contributed by atoms with E-state index < -0.39 is 5.97 Å². The zero-order valence-corrected chi connectivity index (χ0v) is 11.7. The molecule has 1 aliphatic heterocycles. The predicted molar refractivity (Wildman–Crippen MR) is 77.1 cm³/mol. The fraction of sp³-hybridized carbons (Fsp3) is 0.467. The standard InChI is InChI=1S/C15H20N2O3/c1-11-9-12(15(19)20)5-6-13(11)16-10-14(18)17-7-3-2-4-8-17/h5-6,9,16H,2-4,7-8,10H2,1H3,(H,19,20). The number of carboxylic acids is 1. The molecule has 0 atom stereocenters. The third-order valence-corrected chi connectivity index (χ3v) is 3.61. The Morgan fingerprint density at radius 3 is 2.55 bits per heavy atom. The monoisotopic (exact) mass is 276 g/mol. The first-order valence-electron chi connectivity index (χ1n) is 6.93. The highest BCUT2D eigenvalue weighted by Crippen LogP contribution is 2.17. The molecule has 1 aliphatic rings. The lowest BCUT2D eigenvalue weighted by Crippen LogP contribution is -2.39. The molecule has 1 saturated heterocycles. The van der Waals surface area contributed by atoms with Gasteiger partial charge in [0.25, 0.3) is 0 Å². The number of piperidine rings is 1. The van der Waals surface area contributed by atoms with Crippen molar-refractivity contribution in [1.82, 2.24) is 4.90 Å². The van der Waals surface area contributed by atoms with Gasteiger partial charge in [-0.1, -0.05) is 0 Å². The number of hydrogen-bond acceptors (Lipinski definition) is 3. The largest absolute Gasteiger partial charge is 0.478 e. The smallest absolute Gasteiger partial charge is 0.335 e. The van der Waals surface area contributed by atoms with Gasteiger partial charge in [-0.25, -0.2) is 4.79 Å². The lowest BCUT2D eigenvalue weighted by Gasteiger charge is -2.27. The number of amides is 1. The van der Waals surface area contributed by atoms with Crippen LogP contribution in [0.3, 0.4) is 0 Å². The number of rotatable bonds is 4. The first kappa shape index (κ1) is 14.4. The summed E-state index contributed by atoms with van der Waals surface area (Å²) in [5.74, 6) is -0.838. The lowest BCUT2D eigenvalue weighted by atomic mass is 10.1. The molecule has 0 spiro atoms. The van der Waals surface area contributed by atoms with E-state index in [0.717, 1.165) is 37.2 Å². The molecule has 0 aromatic heterocycles. The van der Waals surface area contributed by atoms with Gasteiger partial charge in [-0.2, -0.15) is 0 Å². The van der Waals surface area contributed by atoms with Gasteiger partial charge in [0.05, 0.1) is 12.1 Å². The van der Waals surface area contributed by atoms with Gasteiger partial charge in [0.1, 0.15) is 0 Å². The predicted octanol–water partition coefficient (Wildman–Crippen LogP) is 2.12. The molecule has 108 valence electrons. The normalized spacial score (nSPS) is 14.9. The van der Waals surface area contributed by atoms with E-state index in [4.69, 9.17) is 5.11 Å². The van der Waals surface area contributed by atoms with Crippen LogP contribution in [0, 0.1) is 6.92 Å². The quantitative estimate of drug-likeness (QED) is 0.883. The zero-order valence-electron chi connectivity index (χ0n) is 11.7. The first-order valence-corrected chi connectivity index (χ1v) is 6.93. The van der Waals surface area contributed by atoms with Crippen LogP contribution in [0.2, 0.25) is 0 Å². The van der Waals surface area contributed by atoms with E-state index in [2.05, 4.69) is 5.32 Å². The summed E-state index contributed by atoms with van der Waals surface area (Å²) in [6, 6.07) is 4.86. The molecule has 1 amide bonds. The van der Waals surface area contributed by atoms with Crippen LogP contribution < -0.4 is 5.32 Å². The molecule has 0 bridgehead atoms. The van der Waals surface area contributed by atoms with Crippen LogP contribution in [0.15, 0.2) is 18.2 Å². The lowest BCUT2D eigenvalue weighted by molar-refractivity contribution is -0.130. The van der Waals surface area contributed by atoms with E-state index in [1.165, 1.54) is 6.42 Å². The minimum absolute atomic E-state index is 0.103. The highest BCUT2D eigenvalue weighted by atomic mass is 16.4. The number of hydrogen-bond donors (Lipinski definition) is 2. The fourth-order valence-electron chi connectivity index (χ4n) is 2.42. The minimum atomic E-state index is -0.941. The van der Waals surface area contributed by atoms with Gasteiger partial charge in [-0.15, -0.1) is 0 Å². The number of carboxylic acid groups (broad SMARTS) is 1. The molecular formula is C15H20N2O3. The van der Waals surface area contributed by atoms with Crippen molar-refractivity contribution in [2.45, 2.75) is 26.2 Å². The number of likely N-dealkylation sites (tertiary alicyclic amines) is 1. The first-order chi connectivity index (χ1) is 9.58. The summed E-state index contributed by atoms with van der Waals surface area (Å²) in [6.45, 7) is 3.78. The molecule has 20 heavy (non-hydrogen) atoms. The Balaban J connectivity index is 1.93. The summed E-state index contributed by atoms with van der Waals surface area (Å²) in [6.07, 6.45) is 3.36. The summed E-state index contributed by atoms with van der Waals surface area (Å²) < 4.78 is 0. The van der Waals surface area contributed by atoms with E-state index in [1.54, 1.807) is 18.2 Å². The van der Waals surface area contributed by atoms with E-state index in [0.29, 0.717) is 0 Å². The summed E-state index contributed by atoms with van der Waals surface area (Å²) >= 11 is 0. The third kappa shape index (κ3) is 3.50. The molecule has 1 fully saturated rings. The van der Waals surface area contributed by atoms with Crippen molar-refractivity contribution in [3.05, 3.63) is 29.3 Å². The molecule has 5 heteroatoms. The average Bonchev–Trinajstić information content (AvgIpc) is 2.46. The van der Waals surface area contributed by atoms with Gasteiger partial charge in [0.15, 0.2) is 0 Å². The molecule has 0 aliphatic carbocycles. The van der Waals surface area contributed by atoms with E-state index >= 15 is 0 Å². The molecule has 1 aromatic carbocycles. The average molecular weight is 276 g/mol. The van der Waals surface area contributed by atoms with Gasteiger partial charge in [-0.3, -0.25) is 4.79 Å². The van der Waals surface area contributed by atoms with Crippen molar-refractivity contribution in [2.24, 2.45) is 0 Å². The molecule has 0 unspecified atom stereocenters. The van der Waals surface area contributed by atoms with Crippen molar-refractivity contribution in [1.29, 1.82) is 0 Å². The van der Waals surface area contributed by atoms with Crippen LogP contribution in [0.25, 0.3) is 0 Å². The minimum Gasteiger partial charge on any atom is -0.478 e. The van der Waals surface area contributed by atoms with Crippen LogP contribution in [0.5, 0.6) is 0 Å². The van der Waals surface area contributed by atoms with Crippen molar-refractivity contribution in [3.63, 3.8) is 0 Å². The second kappa shape index (κ2) is 6.41. The number of carbonyl (C=O) groups excluding carboxylic acids is 1. The number of nitrogens with one attached hydrogen (secondary N) is 1. The van der Waals surface area contributed by atoms with Gasteiger partial charge >= 0.3 is 5.97 Å². The molecule has 5 nitrogen and oxygen atoms in total. The molecular weight excluding hydrogens is 256 g/mol. The maximum Gasteiger partial charge on any atom is 0.335 e. The zero-order chi connectivity index (χ0) is 14.5. The van der Waals surface area contributed by atoms with Gasteiger partial charge in [-0.05, 0) is 49.9 Å². The summed E-state index contributed by atoms with van der Waals surface area (Å²) in [5, 5.41) is 12.0. The molecule has 1 heterocycles. The van der Waals surface area contributed by atoms with E-state index in [-0.39, 0.29) is 18.0 Å². The van der Waals surface area contributed by atoms with Crippen molar-refractivity contribution >= 4 is 17.6 Å². The van der Waals surface area contributed by atoms with Crippen LogP contribution in [-0.4, -0.2) is 41.5 Å². The van der Waals surface area contributed by atoms with Crippen molar-refractivity contribution in [2.75, 3.05) is 25.0 Å². The number of carbonyl (C=O) groups is 2. The number of aromatic carboxylic acids is 1. The van der Waals surface area contributed by atoms with Crippen molar-refractivity contribution < 1.29 is 14.7 Å². The maximum absolute atomic E-state index is 12.0. The van der Waals surface area contributed by atoms with Gasteiger partial charge in [0.2, 0.25) is 5.91 Å². The van der Waals surface area contributed by atoms with Crippen LogP contribution in [0.4, 0.5) is 5.69 Å². The maximum atomic E-state index is 12.0. The molecule has 2 N–H and O–H groups in total. The molecule has 1 aromatic rings. The second-order valence-corrected chi connectivity index (χ2v) is 5.13. The second-order valence-electron chi connectivity index (χ2n) is 5.13. The Morgan fingerprint density at radius 1 is 1.25 bits per heavy atom. The summed E-state index contributed by atoms with van der Waals surface area (Å²) in [7, 11) is 0. The fourth-order valence-corrected chi connectivity index (χ4v) is 2.42. The highest BCUT2D eigenvalue weighted by Gasteiger charge is 2.16. The van der Waals surface area contributed by atoms with Crippen LogP contribution >= 0.6 is 0 Å². The Morgan fingerprint density at radius 2 is 1.95 bits per heavy atom. The third-order valence-electron chi connectivity index (χ3n) is 3.61. The van der Waals surface area contributed by atoms with Crippen LogP contribution in [0.1, 0.15) is 35.2 Å². The highest BCUT2D eigenvalue weighted by molar-refractivity contribution is 5.88. The molecule has 0 saturated carbocycles. The Kier molecular flexibility index (Phi) is 4.61. The van der Waals surface area contributed by atoms with E-state index in [1.807, 2.05) is 11.8 Å². The number of anilines is 1. The van der Waals surface area contributed by atoms with Gasteiger partial charge < -0.3 is 15.3 Å². The molecule has 0 radical (unpaired) electrons. The number of nitrogens with zero attached hydrogens (tertiary/aromatic N) is 1. The number of benzene rings is 1. The Labute approximate surface area is 118 Å².